The van der Waals surface area contributed by atoms with Crippen LogP contribution >= 0.6 is 15.9 Å². The first-order valence-corrected chi connectivity index (χ1v) is 5.21. The van der Waals surface area contributed by atoms with Crippen molar-refractivity contribution in [3.05, 3.63) is 46.2 Å². The molecule has 3 nitrogen and oxygen atoms in total. The Morgan fingerprint density at radius 1 is 1.47 bits per heavy atom. The molecule has 74 valence electrons. The molecule has 1 aromatic heterocycles. The fourth-order valence-corrected chi connectivity index (χ4v) is 1.64. The number of benzene rings is 1. The van der Waals surface area contributed by atoms with Crippen molar-refractivity contribution in [2.75, 3.05) is 0 Å². The third-order valence-corrected chi connectivity index (χ3v) is 2.48. The molecule has 0 amide bonds. The molecule has 1 aromatic carbocycles. The largest absolute Gasteiger partial charge is 0.238 e. The second-order valence-electron chi connectivity index (χ2n) is 3.24. The molecule has 0 atom stereocenters. The average molecular weight is 262 g/mol. The minimum atomic E-state index is 0.621. The molecule has 0 aliphatic heterocycles. The molecular formula is C11H8BrN3. The molecule has 0 saturated carbocycles. The van der Waals surface area contributed by atoms with Gasteiger partial charge in [-0.15, -0.1) is 0 Å². The van der Waals surface area contributed by atoms with Gasteiger partial charge in [-0.1, -0.05) is 6.07 Å². The first kappa shape index (κ1) is 9.94. The van der Waals surface area contributed by atoms with Crippen molar-refractivity contribution < 1.29 is 0 Å². The van der Waals surface area contributed by atoms with Crippen molar-refractivity contribution >= 4 is 15.9 Å². The van der Waals surface area contributed by atoms with Crippen molar-refractivity contribution in [1.29, 1.82) is 5.26 Å². The second-order valence-corrected chi connectivity index (χ2v) is 4.15. The molecule has 0 radical (unpaired) electrons. The van der Waals surface area contributed by atoms with Gasteiger partial charge in [0, 0.05) is 6.20 Å². The summed E-state index contributed by atoms with van der Waals surface area (Å²) in [4.78, 5) is 0. The molecule has 2 rings (SSSR count). The summed E-state index contributed by atoms with van der Waals surface area (Å²) in [7, 11) is 0. The number of aromatic nitrogens is 2. The van der Waals surface area contributed by atoms with Crippen LogP contribution in [0.2, 0.25) is 0 Å². The Hall–Kier alpha value is -1.60. The lowest BCUT2D eigenvalue weighted by Gasteiger charge is -2.04. The number of nitrogens with zero attached hydrogens (tertiary/aromatic N) is 3. The van der Waals surface area contributed by atoms with Crippen molar-refractivity contribution in [2.24, 2.45) is 0 Å². The van der Waals surface area contributed by atoms with Gasteiger partial charge in [0.05, 0.1) is 21.9 Å². The summed E-state index contributed by atoms with van der Waals surface area (Å²) in [5, 5.41) is 13.1. The summed E-state index contributed by atoms with van der Waals surface area (Å²) < 4.78 is 2.59. The normalized spacial score (nSPS) is 9.93. The maximum absolute atomic E-state index is 8.97. The number of rotatable bonds is 1. The van der Waals surface area contributed by atoms with Gasteiger partial charge in [-0.2, -0.15) is 10.4 Å². The molecule has 0 unspecified atom stereocenters. The summed E-state index contributed by atoms with van der Waals surface area (Å²) in [5.74, 6) is 0. The zero-order valence-electron chi connectivity index (χ0n) is 8.11. The van der Waals surface area contributed by atoms with Crippen LogP contribution in [0.3, 0.4) is 0 Å². The van der Waals surface area contributed by atoms with E-state index in [1.165, 1.54) is 0 Å². The van der Waals surface area contributed by atoms with Crippen LogP contribution in [0.1, 0.15) is 11.1 Å². The van der Waals surface area contributed by atoms with Gasteiger partial charge >= 0.3 is 0 Å². The lowest BCUT2D eigenvalue weighted by molar-refractivity contribution is 0.876. The molecule has 0 aliphatic rings. The van der Waals surface area contributed by atoms with Crippen molar-refractivity contribution in [3.8, 4) is 11.8 Å². The zero-order chi connectivity index (χ0) is 10.8. The Morgan fingerprint density at radius 2 is 2.27 bits per heavy atom. The van der Waals surface area contributed by atoms with Gasteiger partial charge in [0.1, 0.15) is 6.07 Å². The average Bonchev–Trinajstić information content (AvgIpc) is 2.65. The maximum Gasteiger partial charge on any atom is 0.101 e. The molecule has 1 heterocycles. The van der Waals surface area contributed by atoms with E-state index in [0.29, 0.717) is 5.56 Å². The molecule has 15 heavy (non-hydrogen) atoms. The van der Waals surface area contributed by atoms with E-state index in [4.69, 9.17) is 5.26 Å². The quantitative estimate of drug-likeness (QED) is 0.792. The van der Waals surface area contributed by atoms with Gasteiger partial charge in [0.25, 0.3) is 0 Å². The van der Waals surface area contributed by atoms with Crippen LogP contribution in [0.15, 0.2) is 35.1 Å². The molecule has 0 N–H and O–H groups in total. The number of aryl methyl sites for hydroxylation is 1. The van der Waals surface area contributed by atoms with E-state index < -0.39 is 0 Å². The van der Waals surface area contributed by atoms with Crippen LogP contribution in [0.4, 0.5) is 0 Å². The van der Waals surface area contributed by atoms with Gasteiger partial charge in [-0.3, -0.25) is 0 Å². The predicted molar refractivity (Wildman–Crippen MR) is 60.7 cm³/mol. The molecular weight excluding hydrogens is 254 g/mol. The number of hydrogen-bond acceptors (Lipinski definition) is 2. The molecule has 0 aliphatic carbocycles. The summed E-state index contributed by atoms with van der Waals surface area (Å²) in [5.41, 5.74) is 2.54. The van der Waals surface area contributed by atoms with E-state index in [2.05, 4.69) is 27.1 Å². The highest BCUT2D eigenvalue weighted by Crippen LogP contribution is 2.17. The number of nitriles is 1. The Morgan fingerprint density at radius 3 is 2.87 bits per heavy atom. The fourth-order valence-electron chi connectivity index (χ4n) is 1.36. The highest BCUT2D eigenvalue weighted by atomic mass is 79.9. The van der Waals surface area contributed by atoms with Gasteiger partial charge in [-0.25, -0.2) is 4.68 Å². The lowest BCUT2D eigenvalue weighted by Crippen LogP contribution is -1.98. The monoisotopic (exact) mass is 261 g/mol. The van der Waals surface area contributed by atoms with Crippen LogP contribution in [0, 0.1) is 18.3 Å². The molecule has 0 saturated heterocycles. The second kappa shape index (κ2) is 3.87. The molecule has 0 bridgehead atoms. The van der Waals surface area contributed by atoms with Crippen molar-refractivity contribution in [1.82, 2.24) is 9.78 Å². The summed E-state index contributed by atoms with van der Waals surface area (Å²) in [6.07, 6.45) is 3.53. The highest BCUT2D eigenvalue weighted by molar-refractivity contribution is 9.10. The predicted octanol–water partition coefficient (Wildman–Crippen LogP) is 2.81. The minimum absolute atomic E-state index is 0.621. The molecule has 4 heteroatoms. The Kier molecular flexibility index (Phi) is 2.57. The smallest absolute Gasteiger partial charge is 0.101 e. The molecule has 2 aromatic rings. The Labute approximate surface area is 96.1 Å². The fraction of sp³-hybridized carbons (Fsp3) is 0.0909. The SMILES string of the molecule is Cc1ccc(C#N)c(-n2cc(Br)cn2)c1. The lowest BCUT2D eigenvalue weighted by atomic mass is 10.1. The van der Waals surface area contributed by atoms with Crippen LogP contribution < -0.4 is 0 Å². The zero-order valence-corrected chi connectivity index (χ0v) is 9.69. The Bertz CT molecular complexity index is 537. The van der Waals surface area contributed by atoms with Gasteiger partial charge in [0.2, 0.25) is 0 Å². The molecule has 0 spiro atoms. The standard InChI is InChI=1S/C11H8BrN3/c1-8-2-3-9(5-13)11(4-8)15-7-10(12)6-14-15/h2-4,6-7H,1H3. The van der Waals surface area contributed by atoms with Gasteiger partial charge in [0.15, 0.2) is 0 Å². The third kappa shape index (κ3) is 1.92. The maximum atomic E-state index is 8.97. The summed E-state index contributed by atoms with van der Waals surface area (Å²) in [6, 6.07) is 7.82. The van der Waals surface area contributed by atoms with Crippen LogP contribution in [-0.2, 0) is 0 Å². The summed E-state index contributed by atoms with van der Waals surface area (Å²) >= 11 is 3.33. The van der Waals surface area contributed by atoms with E-state index in [-0.39, 0.29) is 0 Å². The van der Waals surface area contributed by atoms with E-state index >= 15 is 0 Å². The number of hydrogen-bond donors (Lipinski definition) is 0. The van der Waals surface area contributed by atoms with E-state index in [1.54, 1.807) is 16.9 Å². The van der Waals surface area contributed by atoms with Gasteiger partial charge < -0.3 is 0 Å². The van der Waals surface area contributed by atoms with Crippen molar-refractivity contribution in [2.45, 2.75) is 6.92 Å². The van der Waals surface area contributed by atoms with Crippen LogP contribution in [0.25, 0.3) is 5.69 Å². The minimum Gasteiger partial charge on any atom is -0.238 e. The highest BCUT2D eigenvalue weighted by Gasteiger charge is 2.05. The van der Waals surface area contributed by atoms with E-state index in [1.807, 2.05) is 25.3 Å². The third-order valence-electron chi connectivity index (χ3n) is 2.07. The van der Waals surface area contributed by atoms with Gasteiger partial charge in [-0.05, 0) is 40.5 Å². The van der Waals surface area contributed by atoms with E-state index in [9.17, 15) is 0 Å². The Balaban J connectivity index is 2.61. The number of halogens is 1. The molecule has 0 fully saturated rings. The first-order valence-electron chi connectivity index (χ1n) is 4.42. The van der Waals surface area contributed by atoms with E-state index in [0.717, 1.165) is 15.7 Å². The first-order chi connectivity index (χ1) is 7.20. The van der Waals surface area contributed by atoms with Crippen LogP contribution in [-0.4, -0.2) is 9.78 Å². The van der Waals surface area contributed by atoms with Crippen LogP contribution in [0.5, 0.6) is 0 Å². The summed E-state index contributed by atoms with van der Waals surface area (Å²) in [6.45, 7) is 1.99. The topological polar surface area (TPSA) is 41.6 Å². The van der Waals surface area contributed by atoms with Crippen molar-refractivity contribution in [3.63, 3.8) is 0 Å².